The highest BCUT2D eigenvalue weighted by Crippen LogP contribution is 2.25. The summed E-state index contributed by atoms with van der Waals surface area (Å²) in [6.07, 6.45) is 1.09. The molecule has 2 atom stereocenters. The summed E-state index contributed by atoms with van der Waals surface area (Å²) in [5, 5.41) is 20.5. The summed E-state index contributed by atoms with van der Waals surface area (Å²) in [5.74, 6) is 0.757. The van der Waals surface area contributed by atoms with Crippen LogP contribution in [-0.4, -0.2) is 39.8 Å². The molecule has 1 aliphatic heterocycles. The van der Waals surface area contributed by atoms with E-state index in [1.165, 1.54) is 16.3 Å². The number of tetrazole rings is 1. The Kier molecular flexibility index (Phi) is 3.67. The number of hydrogen-bond acceptors (Lipinski definition) is 5. The SMILES string of the molecule is C[C@@H](N[C@H]1CCN(c2nnn[nH]2)C1)c1cccc2ccccc12. The first-order chi connectivity index (χ1) is 11.3. The van der Waals surface area contributed by atoms with Crippen LogP contribution in [-0.2, 0) is 0 Å². The maximum atomic E-state index is 3.99. The number of fused-ring (bicyclic) bond motifs is 1. The van der Waals surface area contributed by atoms with E-state index in [0.717, 1.165) is 25.5 Å². The molecule has 118 valence electrons. The van der Waals surface area contributed by atoms with E-state index in [4.69, 9.17) is 0 Å². The van der Waals surface area contributed by atoms with Gasteiger partial charge in [-0.2, -0.15) is 0 Å². The number of nitrogens with one attached hydrogen (secondary N) is 2. The second-order valence-corrected chi connectivity index (χ2v) is 6.11. The average molecular weight is 308 g/mol. The van der Waals surface area contributed by atoms with Gasteiger partial charge < -0.3 is 10.2 Å². The second-order valence-electron chi connectivity index (χ2n) is 6.11. The molecule has 4 rings (SSSR count). The van der Waals surface area contributed by atoms with Crippen molar-refractivity contribution in [2.45, 2.75) is 25.4 Å². The van der Waals surface area contributed by atoms with Gasteiger partial charge in [0.25, 0.3) is 0 Å². The van der Waals surface area contributed by atoms with Crippen molar-refractivity contribution >= 4 is 16.7 Å². The zero-order valence-corrected chi connectivity index (χ0v) is 13.1. The van der Waals surface area contributed by atoms with E-state index < -0.39 is 0 Å². The predicted octanol–water partition coefficient (Wildman–Crippen LogP) is 2.28. The van der Waals surface area contributed by atoms with Crippen LogP contribution < -0.4 is 10.2 Å². The molecule has 6 nitrogen and oxygen atoms in total. The normalized spacial score (nSPS) is 19.3. The fraction of sp³-hybridized carbons (Fsp3) is 0.353. The summed E-state index contributed by atoms with van der Waals surface area (Å²) in [4.78, 5) is 2.19. The monoisotopic (exact) mass is 308 g/mol. The Balaban J connectivity index is 1.49. The molecule has 0 bridgehead atoms. The van der Waals surface area contributed by atoms with E-state index in [9.17, 15) is 0 Å². The molecule has 1 aliphatic rings. The lowest BCUT2D eigenvalue weighted by atomic mass is 9.99. The molecule has 2 N–H and O–H groups in total. The van der Waals surface area contributed by atoms with Gasteiger partial charge in [0.05, 0.1) is 0 Å². The van der Waals surface area contributed by atoms with Gasteiger partial charge in [-0.1, -0.05) is 47.6 Å². The minimum Gasteiger partial charge on any atom is -0.338 e. The number of aromatic nitrogens is 4. The molecular weight excluding hydrogens is 288 g/mol. The fourth-order valence-corrected chi connectivity index (χ4v) is 3.45. The predicted molar refractivity (Wildman–Crippen MR) is 90.3 cm³/mol. The Hall–Kier alpha value is -2.47. The van der Waals surface area contributed by atoms with Crippen LogP contribution in [0.25, 0.3) is 10.8 Å². The molecule has 0 radical (unpaired) electrons. The van der Waals surface area contributed by atoms with Gasteiger partial charge in [0, 0.05) is 25.2 Å². The van der Waals surface area contributed by atoms with Crippen LogP contribution >= 0.6 is 0 Å². The maximum Gasteiger partial charge on any atom is 0.242 e. The maximum absolute atomic E-state index is 3.99. The Morgan fingerprint density at radius 1 is 1.22 bits per heavy atom. The first-order valence-electron chi connectivity index (χ1n) is 8.03. The molecular formula is C17H20N6. The van der Waals surface area contributed by atoms with Gasteiger partial charge >= 0.3 is 0 Å². The molecule has 0 aliphatic carbocycles. The van der Waals surface area contributed by atoms with Gasteiger partial charge in [0.2, 0.25) is 5.95 Å². The number of anilines is 1. The van der Waals surface area contributed by atoms with Crippen LogP contribution in [0.2, 0.25) is 0 Å². The third-order valence-electron chi connectivity index (χ3n) is 4.60. The fourth-order valence-electron chi connectivity index (χ4n) is 3.45. The number of nitrogens with zero attached hydrogens (tertiary/aromatic N) is 4. The van der Waals surface area contributed by atoms with Crippen molar-refractivity contribution in [2.24, 2.45) is 0 Å². The quantitative estimate of drug-likeness (QED) is 0.774. The van der Waals surface area contributed by atoms with Gasteiger partial charge in [-0.15, -0.1) is 0 Å². The van der Waals surface area contributed by atoms with Crippen LogP contribution in [0.5, 0.6) is 0 Å². The molecule has 0 unspecified atom stereocenters. The average Bonchev–Trinajstić information content (AvgIpc) is 3.25. The lowest BCUT2D eigenvalue weighted by Gasteiger charge is -2.21. The Labute approximate surface area is 134 Å². The summed E-state index contributed by atoms with van der Waals surface area (Å²) in [5.41, 5.74) is 1.35. The zero-order chi connectivity index (χ0) is 15.6. The Morgan fingerprint density at radius 2 is 2.09 bits per heavy atom. The minimum absolute atomic E-state index is 0.305. The van der Waals surface area contributed by atoms with Crippen molar-refractivity contribution in [3.05, 3.63) is 48.0 Å². The van der Waals surface area contributed by atoms with Crippen LogP contribution in [0.1, 0.15) is 24.9 Å². The number of rotatable bonds is 4. The van der Waals surface area contributed by atoms with Gasteiger partial charge in [-0.05, 0) is 40.1 Å². The number of benzene rings is 2. The summed E-state index contributed by atoms with van der Waals surface area (Å²) >= 11 is 0. The van der Waals surface area contributed by atoms with Crippen molar-refractivity contribution in [2.75, 3.05) is 18.0 Å². The highest BCUT2D eigenvalue weighted by molar-refractivity contribution is 5.86. The lowest BCUT2D eigenvalue weighted by Crippen LogP contribution is -2.34. The van der Waals surface area contributed by atoms with Crippen LogP contribution in [0, 0.1) is 0 Å². The van der Waals surface area contributed by atoms with Gasteiger partial charge in [0.15, 0.2) is 0 Å². The van der Waals surface area contributed by atoms with E-state index in [0.29, 0.717) is 12.1 Å². The lowest BCUT2D eigenvalue weighted by molar-refractivity contribution is 0.483. The molecule has 3 aromatic rings. The molecule has 0 amide bonds. The minimum atomic E-state index is 0.305. The van der Waals surface area contributed by atoms with Gasteiger partial charge in [-0.3, -0.25) is 0 Å². The van der Waals surface area contributed by atoms with E-state index in [-0.39, 0.29) is 0 Å². The van der Waals surface area contributed by atoms with Crippen LogP contribution in [0.15, 0.2) is 42.5 Å². The molecule has 6 heteroatoms. The zero-order valence-electron chi connectivity index (χ0n) is 13.1. The van der Waals surface area contributed by atoms with Crippen molar-refractivity contribution in [3.8, 4) is 0 Å². The van der Waals surface area contributed by atoms with Crippen molar-refractivity contribution < 1.29 is 0 Å². The largest absolute Gasteiger partial charge is 0.338 e. The third-order valence-corrected chi connectivity index (χ3v) is 4.60. The smallest absolute Gasteiger partial charge is 0.242 e. The molecule has 1 saturated heterocycles. The molecule has 1 fully saturated rings. The van der Waals surface area contributed by atoms with E-state index >= 15 is 0 Å². The first-order valence-corrected chi connectivity index (χ1v) is 8.03. The molecule has 1 aromatic heterocycles. The van der Waals surface area contributed by atoms with Crippen molar-refractivity contribution in [1.82, 2.24) is 25.9 Å². The standard InChI is InChI=1S/C17H20N6/c1-12(15-8-4-6-13-5-2-3-7-16(13)15)18-14-9-10-23(11-14)17-19-21-22-20-17/h2-8,12,14,18H,9-11H2,1H3,(H,19,20,21,22)/t12-,14+/m1/s1. The molecule has 2 heterocycles. The Morgan fingerprint density at radius 3 is 2.96 bits per heavy atom. The second kappa shape index (κ2) is 5.96. The van der Waals surface area contributed by atoms with Crippen LogP contribution in [0.3, 0.4) is 0 Å². The summed E-state index contributed by atoms with van der Waals surface area (Å²) < 4.78 is 0. The molecule has 2 aromatic carbocycles. The highest BCUT2D eigenvalue weighted by Gasteiger charge is 2.26. The topological polar surface area (TPSA) is 69.7 Å². The Bertz CT molecular complexity index is 779. The van der Waals surface area contributed by atoms with Crippen molar-refractivity contribution in [3.63, 3.8) is 0 Å². The summed E-state index contributed by atoms with van der Waals surface area (Å²) in [6, 6.07) is 15.8. The number of H-pyrrole nitrogens is 1. The van der Waals surface area contributed by atoms with Gasteiger partial charge in [0.1, 0.15) is 0 Å². The number of aromatic amines is 1. The van der Waals surface area contributed by atoms with E-state index in [1.807, 2.05) is 0 Å². The van der Waals surface area contributed by atoms with Gasteiger partial charge in [-0.25, -0.2) is 5.10 Å². The molecule has 0 spiro atoms. The summed E-state index contributed by atoms with van der Waals surface area (Å²) in [7, 11) is 0. The summed E-state index contributed by atoms with van der Waals surface area (Å²) in [6.45, 7) is 4.13. The number of hydrogen-bond donors (Lipinski definition) is 2. The highest BCUT2D eigenvalue weighted by atomic mass is 15.5. The molecule has 23 heavy (non-hydrogen) atoms. The van der Waals surface area contributed by atoms with E-state index in [1.54, 1.807) is 0 Å². The van der Waals surface area contributed by atoms with Crippen molar-refractivity contribution in [1.29, 1.82) is 0 Å². The van der Waals surface area contributed by atoms with E-state index in [2.05, 4.69) is 80.2 Å². The third kappa shape index (κ3) is 2.77. The first kappa shape index (κ1) is 14.1. The van der Waals surface area contributed by atoms with Crippen LogP contribution in [0.4, 0.5) is 5.95 Å². The molecule has 0 saturated carbocycles.